The maximum atomic E-state index is 12.9. The highest BCUT2D eigenvalue weighted by atomic mass is 32.2. The fourth-order valence-corrected chi connectivity index (χ4v) is 4.79. The maximum Gasteiger partial charge on any atom is 0.282 e. The Morgan fingerprint density at radius 3 is 2.55 bits per heavy atom. The fraction of sp³-hybridized carbons (Fsp3) is 1.00. The number of piperidine rings is 1. The van der Waals surface area contributed by atoms with E-state index < -0.39 is 10.2 Å². The first-order chi connectivity index (χ1) is 9.45. The van der Waals surface area contributed by atoms with Crippen LogP contribution in [0.5, 0.6) is 0 Å². The predicted molar refractivity (Wildman–Crippen MR) is 81.5 cm³/mol. The topological polar surface area (TPSA) is 66.6 Å². The van der Waals surface area contributed by atoms with Gasteiger partial charge in [-0.1, -0.05) is 13.8 Å². The zero-order valence-corrected chi connectivity index (χ0v) is 13.6. The summed E-state index contributed by atoms with van der Waals surface area (Å²) in [5.41, 5.74) is 5.72. The zero-order chi connectivity index (χ0) is 14.8. The Bertz CT molecular complexity index is 407. The summed E-state index contributed by atoms with van der Waals surface area (Å²) in [6.45, 7) is 6.79. The Balaban J connectivity index is 2.05. The van der Waals surface area contributed by atoms with E-state index in [4.69, 9.17) is 5.73 Å². The molecule has 1 saturated heterocycles. The molecule has 118 valence electrons. The first kappa shape index (κ1) is 16.2. The Hall–Kier alpha value is -0.170. The average Bonchev–Trinajstić information content (AvgIpc) is 3.23. The SMILES string of the molecule is CC(C)CCN(C1CC1)S(=O)(=O)N1CCCC(CN)C1. The third kappa shape index (κ3) is 3.93. The normalized spacial score (nSPS) is 25.6. The van der Waals surface area contributed by atoms with Crippen molar-refractivity contribution in [2.24, 2.45) is 17.6 Å². The highest BCUT2D eigenvalue weighted by Crippen LogP contribution is 2.32. The first-order valence-electron chi connectivity index (χ1n) is 7.92. The van der Waals surface area contributed by atoms with Crippen molar-refractivity contribution in [1.82, 2.24) is 8.61 Å². The van der Waals surface area contributed by atoms with E-state index in [2.05, 4.69) is 13.8 Å². The summed E-state index contributed by atoms with van der Waals surface area (Å²) in [7, 11) is -3.29. The molecule has 0 spiro atoms. The van der Waals surface area contributed by atoms with E-state index in [0.717, 1.165) is 32.1 Å². The molecular formula is C14H29N3O2S. The molecule has 2 aliphatic rings. The van der Waals surface area contributed by atoms with Gasteiger partial charge in [0.25, 0.3) is 10.2 Å². The molecule has 0 aromatic heterocycles. The molecule has 1 saturated carbocycles. The van der Waals surface area contributed by atoms with Crippen molar-refractivity contribution in [3.8, 4) is 0 Å². The van der Waals surface area contributed by atoms with Crippen LogP contribution in [0.2, 0.25) is 0 Å². The largest absolute Gasteiger partial charge is 0.330 e. The van der Waals surface area contributed by atoms with Gasteiger partial charge < -0.3 is 5.73 Å². The molecule has 6 heteroatoms. The van der Waals surface area contributed by atoms with Gasteiger partial charge in [-0.3, -0.25) is 0 Å². The molecule has 1 heterocycles. The summed E-state index contributed by atoms with van der Waals surface area (Å²) in [6.07, 6.45) is 4.96. The summed E-state index contributed by atoms with van der Waals surface area (Å²) < 4.78 is 29.1. The molecule has 20 heavy (non-hydrogen) atoms. The molecular weight excluding hydrogens is 274 g/mol. The highest BCUT2D eigenvalue weighted by molar-refractivity contribution is 7.86. The first-order valence-corrected chi connectivity index (χ1v) is 9.31. The van der Waals surface area contributed by atoms with Crippen LogP contribution in [0.4, 0.5) is 0 Å². The van der Waals surface area contributed by atoms with Crippen LogP contribution < -0.4 is 5.73 Å². The van der Waals surface area contributed by atoms with Gasteiger partial charge in [0.05, 0.1) is 0 Å². The minimum atomic E-state index is -3.29. The van der Waals surface area contributed by atoms with Crippen LogP contribution in [0.3, 0.4) is 0 Å². The van der Waals surface area contributed by atoms with Crippen molar-refractivity contribution >= 4 is 10.2 Å². The summed E-state index contributed by atoms with van der Waals surface area (Å²) in [6, 6.07) is 0.247. The second-order valence-corrected chi connectivity index (χ2v) is 8.52. The average molecular weight is 303 g/mol. The Labute approximate surface area is 123 Å². The smallest absolute Gasteiger partial charge is 0.282 e. The highest BCUT2D eigenvalue weighted by Gasteiger charge is 2.41. The minimum Gasteiger partial charge on any atom is -0.330 e. The lowest BCUT2D eigenvalue weighted by atomic mass is 10.0. The molecule has 2 rings (SSSR count). The minimum absolute atomic E-state index is 0.247. The van der Waals surface area contributed by atoms with E-state index in [-0.39, 0.29) is 6.04 Å². The fourth-order valence-electron chi connectivity index (χ4n) is 2.81. The molecule has 1 atom stereocenters. The quantitative estimate of drug-likeness (QED) is 0.773. The van der Waals surface area contributed by atoms with Gasteiger partial charge in [-0.25, -0.2) is 0 Å². The van der Waals surface area contributed by atoms with E-state index in [0.29, 0.717) is 38.0 Å². The molecule has 1 aliphatic carbocycles. The Morgan fingerprint density at radius 2 is 2.00 bits per heavy atom. The van der Waals surface area contributed by atoms with Gasteiger partial charge in [-0.05, 0) is 50.5 Å². The molecule has 1 aliphatic heterocycles. The second kappa shape index (κ2) is 6.73. The van der Waals surface area contributed by atoms with E-state index in [1.54, 1.807) is 8.61 Å². The second-order valence-electron chi connectivity index (χ2n) is 6.63. The van der Waals surface area contributed by atoms with Crippen LogP contribution in [0.15, 0.2) is 0 Å². The van der Waals surface area contributed by atoms with E-state index in [9.17, 15) is 8.42 Å². The van der Waals surface area contributed by atoms with Crippen LogP contribution in [-0.4, -0.2) is 49.2 Å². The summed E-state index contributed by atoms with van der Waals surface area (Å²) in [5.74, 6) is 0.856. The number of nitrogens with zero attached hydrogens (tertiary/aromatic N) is 2. The lowest BCUT2D eigenvalue weighted by Crippen LogP contribution is -2.50. The summed E-state index contributed by atoms with van der Waals surface area (Å²) >= 11 is 0. The van der Waals surface area contributed by atoms with Gasteiger partial charge in [0, 0.05) is 25.7 Å². The number of hydrogen-bond acceptors (Lipinski definition) is 3. The van der Waals surface area contributed by atoms with E-state index >= 15 is 0 Å². The van der Waals surface area contributed by atoms with Gasteiger partial charge in [-0.2, -0.15) is 17.0 Å². The molecule has 0 amide bonds. The van der Waals surface area contributed by atoms with Gasteiger partial charge in [0.1, 0.15) is 0 Å². The summed E-state index contributed by atoms with van der Waals surface area (Å²) in [4.78, 5) is 0. The Morgan fingerprint density at radius 1 is 1.30 bits per heavy atom. The van der Waals surface area contributed by atoms with Crippen molar-refractivity contribution in [3.63, 3.8) is 0 Å². The molecule has 5 nitrogen and oxygen atoms in total. The lowest BCUT2D eigenvalue weighted by molar-refractivity contribution is 0.245. The predicted octanol–water partition coefficient (Wildman–Crippen LogP) is 1.41. The van der Waals surface area contributed by atoms with Crippen LogP contribution in [0.1, 0.15) is 46.0 Å². The van der Waals surface area contributed by atoms with Crippen molar-refractivity contribution in [2.75, 3.05) is 26.2 Å². The van der Waals surface area contributed by atoms with Crippen molar-refractivity contribution in [1.29, 1.82) is 0 Å². The molecule has 0 aromatic carbocycles. The lowest BCUT2D eigenvalue weighted by Gasteiger charge is -2.35. The van der Waals surface area contributed by atoms with Gasteiger partial charge >= 0.3 is 0 Å². The van der Waals surface area contributed by atoms with Gasteiger partial charge in [0.15, 0.2) is 0 Å². The molecule has 0 aromatic rings. The van der Waals surface area contributed by atoms with Crippen molar-refractivity contribution in [2.45, 2.75) is 52.0 Å². The van der Waals surface area contributed by atoms with Crippen molar-refractivity contribution < 1.29 is 8.42 Å². The molecule has 2 fully saturated rings. The van der Waals surface area contributed by atoms with Gasteiger partial charge in [0.2, 0.25) is 0 Å². The maximum absolute atomic E-state index is 12.9. The third-order valence-electron chi connectivity index (χ3n) is 4.32. The number of nitrogens with two attached hydrogens (primary N) is 1. The zero-order valence-electron chi connectivity index (χ0n) is 12.8. The number of hydrogen-bond donors (Lipinski definition) is 1. The molecule has 0 radical (unpaired) electrons. The van der Waals surface area contributed by atoms with Crippen LogP contribution in [-0.2, 0) is 10.2 Å². The van der Waals surface area contributed by atoms with E-state index in [1.165, 1.54) is 0 Å². The Kier molecular flexibility index (Phi) is 5.45. The van der Waals surface area contributed by atoms with Crippen LogP contribution in [0, 0.1) is 11.8 Å². The standard InChI is InChI=1S/C14H29N3O2S/c1-12(2)7-9-17(14-5-6-14)20(18,19)16-8-3-4-13(10-15)11-16/h12-14H,3-11,15H2,1-2H3. The van der Waals surface area contributed by atoms with Gasteiger partial charge in [-0.15, -0.1) is 0 Å². The summed E-state index contributed by atoms with van der Waals surface area (Å²) in [5, 5.41) is 0. The number of rotatable bonds is 7. The molecule has 1 unspecified atom stereocenters. The molecule has 0 bridgehead atoms. The monoisotopic (exact) mass is 303 g/mol. The van der Waals surface area contributed by atoms with Crippen LogP contribution in [0.25, 0.3) is 0 Å². The van der Waals surface area contributed by atoms with Crippen molar-refractivity contribution in [3.05, 3.63) is 0 Å². The van der Waals surface area contributed by atoms with Crippen LogP contribution >= 0.6 is 0 Å². The molecule has 2 N–H and O–H groups in total. The van der Waals surface area contributed by atoms with E-state index in [1.807, 2.05) is 0 Å². The third-order valence-corrected chi connectivity index (χ3v) is 6.38.